The molecule has 0 atom stereocenters. The maximum Gasteiger partial charge on any atom is 0.309 e. The van der Waals surface area contributed by atoms with Crippen molar-refractivity contribution in [1.29, 1.82) is 0 Å². The number of rotatable bonds is 5. The minimum absolute atomic E-state index is 0.239. The molecular weight excluding hydrogens is 354 g/mol. The van der Waals surface area contributed by atoms with Gasteiger partial charge >= 0.3 is 5.97 Å². The minimum Gasteiger partial charge on any atom is -0.469 e. The zero-order valence-corrected chi connectivity index (χ0v) is 13.9. The first-order chi connectivity index (χ1) is 10.1. The molecular formula is C16H15BrClNO2. The molecule has 0 heterocycles. The molecule has 0 unspecified atom stereocenters. The highest BCUT2D eigenvalue weighted by Gasteiger charge is 2.07. The molecule has 2 aromatic rings. The van der Waals surface area contributed by atoms with Crippen molar-refractivity contribution in [3.05, 3.63) is 63.1 Å². The molecule has 3 nitrogen and oxygen atoms in total. The Hall–Kier alpha value is -1.52. The molecule has 1 N–H and O–H groups in total. The van der Waals surface area contributed by atoms with Crippen LogP contribution < -0.4 is 5.32 Å². The van der Waals surface area contributed by atoms with Gasteiger partial charge in [0.1, 0.15) is 0 Å². The summed E-state index contributed by atoms with van der Waals surface area (Å²) in [5, 5.41) is 3.99. The zero-order valence-electron chi connectivity index (χ0n) is 11.5. The second-order valence-electron chi connectivity index (χ2n) is 4.50. The standard InChI is InChI=1S/C16H15BrClNO2/c1-21-16(20)8-11-4-2-3-5-12(11)10-19-13-6-7-15(18)14(17)9-13/h2-7,9,19H,8,10H2,1H3. The lowest BCUT2D eigenvalue weighted by molar-refractivity contribution is -0.139. The maximum absolute atomic E-state index is 11.4. The third-order valence-corrected chi connectivity index (χ3v) is 4.30. The number of halogens is 2. The molecule has 0 saturated heterocycles. The van der Waals surface area contributed by atoms with Gasteiger partial charge in [-0.05, 0) is 45.3 Å². The van der Waals surface area contributed by atoms with Crippen molar-refractivity contribution >= 4 is 39.2 Å². The molecule has 21 heavy (non-hydrogen) atoms. The molecule has 0 saturated carbocycles. The normalized spacial score (nSPS) is 10.2. The summed E-state index contributed by atoms with van der Waals surface area (Å²) in [7, 11) is 1.40. The van der Waals surface area contributed by atoms with E-state index in [0.29, 0.717) is 11.6 Å². The highest BCUT2D eigenvalue weighted by atomic mass is 79.9. The first kappa shape index (κ1) is 15.9. The Kier molecular flexibility index (Phi) is 5.65. The Morgan fingerprint density at radius 1 is 1.24 bits per heavy atom. The molecule has 110 valence electrons. The van der Waals surface area contributed by atoms with Crippen molar-refractivity contribution in [2.24, 2.45) is 0 Å². The van der Waals surface area contributed by atoms with Crippen molar-refractivity contribution in [2.45, 2.75) is 13.0 Å². The number of benzene rings is 2. The number of carbonyl (C=O) groups is 1. The van der Waals surface area contributed by atoms with Crippen molar-refractivity contribution < 1.29 is 9.53 Å². The van der Waals surface area contributed by atoms with Crippen LogP contribution in [-0.2, 0) is 22.5 Å². The number of hydrogen-bond acceptors (Lipinski definition) is 3. The molecule has 0 aromatic heterocycles. The highest BCUT2D eigenvalue weighted by molar-refractivity contribution is 9.10. The van der Waals surface area contributed by atoms with Crippen LogP contribution in [0.2, 0.25) is 5.02 Å². The van der Waals surface area contributed by atoms with E-state index < -0.39 is 0 Å². The fourth-order valence-electron chi connectivity index (χ4n) is 1.93. The third-order valence-electron chi connectivity index (χ3n) is 3.08. The zero-order chi connectivity index (χ0) is 15.2. The number of esters is 1. The van der Waals surface area contributed by atoms with Crippen LogP contribution in [0.4, 0.5) is 5.69 Å². The van der Waals surface area contributed by atoms with E-state index in [4.69, 9.17) is 16.3 Å². The van der Waals surface area contributed by atoms with E-state index >= 15 is 0 Å². The molecule has 0 amide bonds. The molecule has 2 aromatic carbocycles. The Balaban J connectivity index is 2.09. The largest absolute Gasteiger partial charge is 0.469 e. The number of hydrogen-bond donors (Lipinski definition) is 1. The quantitative estimate of drug-likeness (QED) is 0.793. The molecule has 0 fully saturated rings. The second kappa shape index (κ2) is 7.48. The molecule has 2 rings (SSSR count). The first-order valence-electron chi connectivity index (χ1n) is 6.42. The van der Waals surface area contributed by atoms with Gasteiger partial charge < -0.3 is 10.1 Å². The molecule has 0 aliphatic heterocycles. The van der Waals surface area contributed by atoms with Gasteiger partial charge in [0, 0.05) is 16.7 Å². The molecule has 0 aliphatic carbocycles. The van der Waals surface area contributed by atoms with Crippen LogP contribution >= 0.6 is 27.5 Å². The molecule has 0 spiro atoms. The summed E-state index contributed by atoms with van der Waals surface area (Å²) in [6.07, 6.45) is 0.276. The SMILES string of the molecule is COC(=O)Cc1ccccc1CNc1ccc(Cl)c(Br)c1. The highest BCUT2D eigenvalue weighted by Crippen LogP contribution is 2.26. The number of nitrogens with one attached hydrogen (secondary N) is 1. The van der Waals surface area contributed by atoms with Gasteiger partial charge in [-0.2, -0.15) is 0 Å². The van der Waals surface area contributed by atoms with Crippen molar-refractivity contribution in [3.8, 4) is 0 Å². The van der Waals surface area contributed by atoms with E-state index in [1.54, 1.807) is 0 Å². The van der Waals surface area contributed by atoms with Crippen LogP contribution in [0, 0.1) is 0 Å². The lowest BCUT2D eigenvalue weighted by atomic mass is 10.0. The van der Waals surface area contributed by atoms with E-state index in [1.807, 2.05) is 42.5 Å². The monoisotopic (exact) mass is 367 g/mol. The van der Waals surface area contributed by atoms with Gasteiger partial charge in [-0.15, -0.1) is 0 Å². The van der Waals surface area contributed by atoms with Crippen LogP contribution in [0.15, 0.2) is 46.9 Å². The van der Waals surface area contributed by atoms with Gasteiger partial charge in [0.05, 0.1) is 18.6 Å². The van der Waals surface area contributed by atoms with E-state index in [-0.39, 0.29) is 12.4 Å². The van der Waals surface area contributed by atoms with Gasteiger partial charge in [0.2, 0.25) is 0 Å². The lowest BCUT2D eigenvalue weighted by Crippen LogP contribution is -2.09. The Labute approximate surface area is 137 Å². The fourth-order valence-corrected chi connectivity index (χ4v) is 2.43. The average Bonchev–Trinajstić information content (AvgIpc) is 2.49. The number of anilines is 1. The topological polar surface area (TPSA) is 38.3 Å². The summed E-state index contributed by atoms with van der Waals surface area (Å²) in [6, 6.07) is 13.5. The van der Waals surface area contributed by atoms with Crippen molar-refractivity contribution in [1.82, 2.24) is 0 Å². The predicted molar refractivity (Wildman–Crippen MR) is 88.6 cm³/mol. The molecule has 0 radical (unpaired) electrons. The van der Waals surface area contributed by atoms with Crippen LogP contribution in [0.3, 0.4) is 0 Å². The smallest absolute Gasteiger partial charge is 0.309 e. The summed E-state index contributed by atoms with van der Waals surface area (Å²) in [4.78, 5) is 11.4. The molecule has 0 bridgehead atoms. The third kappa shape index (κ3) is 4.48. The molecule has 5 heteroatoms. The molecule has 0 aliphatic rings. The van der Waals surface area contributed by atoms with Crippen molar-refractivity contribution in [2.75, 3.05) is 12.4 Å². The summed E-state index contributed by atoms with van der Waals surface area (Å²) in [6.45, 7) is 0.626. The van der Waals surface area contributed by atoms with E-state index in [9.17, 15) is 4.79 Å². The minimum atomic E-state index is -0.239. The van der Waals surface area contributed by atoms with Crippen LogP contribution in [0.25, 0.3) is 0 Å². The van der Waals surface area contributed by atoms with Gasteiger partial charge in [-0.3, -0.25) is 4.79 Å². The number of carbonyl (C=O) groups excluding carboxylic acids is 1. The number of ether oxygens (including phenoxy) is 1. The van der Waals surface area contributed by atoms with E-state index in [0.717, 1.165) is 21.3 Å². The van der Waals surface area contributed by atoms with Gasteiger partial charge in [-0.1, -0.05) is 35.9 Å². The summed E-state index contributed by atoms with van der Waals surface area (Å²) in [5.41, 5.74) is 2.98. The van der Waals surface area contributed by atoms with Crippen LogP contribution in [-0.4, -0.2) is 13.1 Å². The van der Waals surface area contributed by atoms with E-state index in [1.165, 1.54) is 7.11 Å². The van der Waals surface area contributed by atoms with Gasteiger partial charge in [0.25, 0.3) is 0 Å². The lowest BCUT2D eigenvalue weighted by Gasteiger charge is -2.11. The van der Waals surface area contributed by atoms with E-state index in [2.05, 4.69) is 21.2 Å². The summed E-state index contributed by atoms with van der Waals surface area (Å²) >= 11 is 9.37. The first-order valence-corrected chi connectivity index (χ1v) is 7.60. The van der Waals surface area contributed by atoms with Gasteiger partial charge in [-0.25, -0.2) is 0 Å². The average molecular weight is 369 g/mol. The Morgan fingerprint density at radius 3 is 2.62 bits per heavy atom. The summed E-state index contributed by atoms with van der Waals surface area (Å²) < 4.78 is 5.57. The van der Waals surface area contributed by atoms with Gasteiger partial charge in [0.15, 0.2) is 0 Å². The van der Waals surface area contributed by atoms with Crippen molar-refractivity contribution in [3.63, 3.8) is 0 Å². The Morgan fingerprint density at radius 2 is 1.95 bits per heavy atom. The summed E-state index contributed by atoms with van der Waals surface area (Å²) in [5.74, 6) is -0.239. The number of methoxy groups -OCH3 is 1. The fraction of sp³-hybridized carbons (Fsp3) is 0.188. The maximum atomic E-state index is 11.4. The van der Waals surface area contributed by atoms with Crippen LogP contribution in [0.5, 0.6) is 0 Å². The Bertz CT molecular complexity index is 646. The second-order valence-corrected chi connectivity index (χ2v) is 5.77. The van der Waals surface area contributed by atoms with Crippen LogP contribution in [0.1, 0.15) is 11.1 Å². The predicted octanol–water partition coefficient (Wildman–Crippen LogP) is 4.43.